The van der Waals surface area contributed by atoms with Gasteiger partial charge in [-0.3, -0.25) is 4.79 Å². The summed E-state index contributed by atoms with van der Waals surface area (Å²) in [5.41, 5.74) is 1.51. The van der Waals surface area contributed by atoms with Gasteiger partial charge in [0.2, 0.25) is 5.76 Å². The van der Waals surface area contributed by atoms with E-state index in [1.807, 2.05) is 4.90 Å². The van der Waals surface area contributed by atoms with Crippen LogP contribution in [0.1, 0.15) is 36.7 Å². The molecule has 6 heteroatoms. The molecule has 1 aromatic heterocycles. The third-order valence-corrected chi connectivity index (χ3v) is 5.55. The third kappa shape index (κ3) is 3.06. The lowest BCUT2D eigenvalue weighted by Gasteiger charge is -2.33. The molecule has 2 aliphatic heterocycles. The number of hydrogen-bond donors (Lipinski definition) is 1. The van der Waals surface area contributed by atoms with Crippen molar-refractivity contribution in [1.29, 1.82) is 0 Å². The topological polar surface area (TPSA) is 58.4 Å². The summed E-state index contributed by atoms with van der Waals surface area (Å²) in [6.07, 6.45) is 3.26. The Hall–Kier alpha value is -2.21. The lowest BCUT2D eigenvalue weighted by Crippen LogP contribution is -2.40. The Kier molecular flexibility index (Phi) is 4.07. The van der Waals surface area contributed by atoms with Crippen molar-refractivity contribution in [1.82, 2.24) is 15.4 Å². The van der Waals surface area contributed by atoms with Crippen LogP contribution in [0.15, 0.2) is 34.9 Å². The van der Waals surface area contributed by atoms with Crippen molar-refractivity contribution < 1.29 is 13.7 Å². The van der Waals surface area contributed by atoms with E-state index in [9.17, 15) is 9.18 Å². The number of nitrogens with zero attached hydrogens (tertiary/aromatic N) is 2. The van der Waals surface area contributed by atoms with Crippen LogP contribution < -0.4 is 5.32 Å². The minimum atomic E-state index is -0.304. The summed E-state index contributed by atoms with van der Waals surface area (Å²) in [6, 6.07) is 7.85. The van der Waals surface area contributed by atoms with E-state index in [0.717, 1.165) is 44.5 Å². The molecular formula is C19H22FN3O2. The van der Waals surface area contributed by atoms with Crippen LogP contribution in [0.3, 0.4) is 0 Å². The fourth-order valence-corrected chi connectivity index (χ4v) is 4.18. The Morgan fingerprint density at radius 1 is 1.32 bits per heavy atom. The van der Waals surface area contributed by atoms with Gasteiger partial charge >= 0.3 is 0 Å². The highest BCUT2D eigenvalue weighted by molar-refractivity contribution is 5.93. The van der Waals surface area contributed by atoms with Gasteiger partial charge in [-0.05, 0) is 69.0 Å². The quantitative estimate of drug-likeness (QED) is 0.910. The molecule has 0 aliphatic carbocycles. The normalized spacial score (nSPS) is 22.5. The van der Waals surface area contributed by atoms with E-state index >= 15 is 0 Å². The first kappa shape index (κ1) is 16.3. The Morgan fingerprint density at radius 3 is 2.76 bits per heavy atom. The van der Waals surface area contributed by atoms with Crippen LogP contribution in [-0.2, 0) is 0 Å². The molecule has 4 rings (SSSR count). The number of carbonyl (C=O) groups excluding carboxylic acids is 1. The highest BCUT2D eigenvalue weighted by Gasteiger charge is 2.45. The van der Waals surface area contributed by atoms with Crippen LogP contribution in [0, 0.1) is 11.2 Å². The molecule has 2 aliphatic rings. The number of amides is 1. The highest BCUT2D eigenvalue weighted by atomic mass is 19.1. The van der Waals surface area contributed by atoms with Gasteiger partial charge in [-0.25, -0.2) is 4.39 Å². The number of aromatic nitrogens is 1. The molecule has 2 saturated heterocycles. The fraction of sp³-hybridized carbons (Fsp3) is 0.474. The van der Waals surface area contributed by atoms with Crippen molar-refractivity contribution in [2.24, 2.45) is 5.41 Å². The maximum Gasteiger partial charge on any atom is 0.292 e. The van der Waals surface area contributed by atoms with Crippen LogP contribution in [0.2, 0.25) is 0 Å². The second-order valence-electron chi connectivity index (χ2n) is 7.32. The summed E-state index contributed by atoms with van der Waals surface area (Å²) < 4.78 is 18.3. The van der Waals surface area contributed by atoms with E-state index in [1.165, 1.54) is 12.1 Å². The summed E-state index contributed by atoms with van der Waals surface area (Å²) in [7, 11) is 0. The molecule has 1 unspecified atom stereocenters. The SMILES string of the molecule is CC1CC2(CCNCC2)CN1C(=O)c1cc(-c2ccc(F)cc2)no1. The van der Waals surface area contributed by atoms with E-state index < -0.39 is 0 Å². The Labute approximate surface area is 146 Å². The van der Waals surface area contributed by atoms with Crippen LogP contribution in [0.25, 0.3) is 11.3 Å². The van der Waals surface area contributed by atoms with Crippen LogP contribution >= 0.6 is 0 Å². The van der Waals surface area contributed by atoms with E-state index in [2.05, 4.69) is 17.4 Å². The van der Waals surface area contributed by atoms with Crippen LogP contribution in [0.4, 0.5) is 4.39 Å². The van der Waals surface area contributed by atoms with Crippen molar-refractivity contribution in [3.8, 4) is 11.3 Å². The average molecular weight is 343 g/mol. The van der Waals surface area contributed by atoms with E-state index in [4.69, 9.17) is 4.52 Å². The summed E-state index contributed by atoms with van der Waals surface area (Å²) >= 11 is 0. The predicted octanol–water partition coefficient (Wildman–Crippen LogP) is 3.08. The molecule has 0 bridgehead atoms. The Morgan fingerprint density at radius 2 is 2.04 bits per heavy atom. The lowest BCUT2D eigenvalue weighted by molar-refractivity contribution is 0.0681. The standard InChI is InChI=1S/C19H22FN3O2/c1-13-11-19(6-8-21-9-7-19)12-23(13)18(24)17-10-16(22-25-17)14-2-4-15(20)5-3-14/h2-5,10,13,21H,6-9,11-12H2,1H3. The molecule has 5 nitrogen and oxygen atoms in total. The minimum Gasteiger partial charge on any atom is -0.350 e. The summed E-state index contributed by atoms with van der Waals surface area (Å²) in [6.45, 7) is 4.92. The van der Waals surface area contributed by atoms with Crippen LogP contribution in [-0.4, -0.2) is 41.6 Å². The minimum absolute atomic E-state index is 0.108. The molecule has 1 amide bonds. The smallest absolute Gasteiger partial charge is 0.292 e. The number of hydrogen-bond acceptors (Lipinski definition) is 4. The van der Waals surface area contributed by atoms with Gasteiger partial charge in [0.15, 0.2) is 0 Å². The fourth-order valence-electron chi connectivity index (χ4n) is 4.18. The second kappa shape index (κ2) is 6.26. The van der Waals surface area contributed by atoms with Crippen molar-refractivity contribution in [3.05, 3.63) is 41.9 Å². The number of rotatable bonds is 2. The Balaban J connectivity index is 1.52. The molecular weight excluding hydrogens is 321 g/mol. The molecule has 0 saturated carbocycles. The molecule has 3 heterocycles. The van der Waals surface area contributed by atoms with Crippen molar-refractivity contribution >= 4 is 5.91 Å². The second-order valence-corrected chi connectivity index (χ2v) is 7.32. The van der Waals surface area contributed by atoms with Gasteiger partial charge < -0.3 is 14.7 Å². The maximum atomic E-state index is 13.0. The molecule has 2 aromatic rings. The van der Waals surface area contributed by atoms with Crippen molar-refractivity contribution in [2.75, 3.05) is 19.6 Å². The molecule has 1 spiro atoms. The lowest BCUT2D eigenvalue weighted by atomic mass is 9.77. The maximum absolute atomic E-state index is 13.0. The van der Waals surface area contributed by atoms with Gasteiger partial charge in [-0.15, -0.1) is 0 Å². The third-order valence-electron chi connectivity index (χ3n) is 5.55. The number of likely N-dealkylation sites (tertiary alicyclic amines) is 1. The molecule has 1 atom stereocenters. The molecule has 132 valence electrons. The zero-order chi connectivity index (χ0) is 17.4. The van der Waals surface area contributed by atoms with Gasteiger partial charge in [0.1, 0.15) is 11.5 Å². The number of piperidine rings is 1. The zero-order valence-corrected chi connectivity index (χ0v) is 14.3. The Bertz CT molecular complexity index is 765. The first-order chi connectivity index (χ1) is 12.1. The summed E-state index contributed by atoms with van der Waals surface area (Å²) in [5.74, 6) is -0.164. The molecule has 1 aromatic carbocycles. The van der Waals surface area contributed by atoms with Gasteiger partial charge in [0, 0.05) is 24.2 Å². The van der Waals surface area contributed by atoms with Gasteiger partial charge in [-0.2, -0.15) is 0 Å². The average Bonchev–Trinajstić information content (AvgIpc) is 3.21. The van der Waals surface area contributed by atoms with Crippen molar-refractivity contribution in [2.45, 2.75) is 32.2 Å². The number of nitrogens with one attached hydrogen (secondary N) is 1. The van der Waals surface area contributed by atoms with Gasteiger partial charge in [0.05, 0.1) is 0 Å². The summed E-state index contributed by atoms with van der Waals surface area (Å²) in [5, 5.41) is 7.38. The number of carbonyl (C=O) groups is 1. The monoisotopic (exact) mass is 343 g/mol. The van der Waals surface area contributed by atoms with Gasteiger partial charge in [-0.1, -0.05) is 5.16 Å². The van der Waals surface area contributed by atoms with Crippen LogP contribution in [0.5, 0.6) is 0 Å². The van der Waals surface area contributed by atoms with Gasteiger partial charge in [0.25, 0.3) is 5.91 Å². The van der Waals surface area contributed by atoms with E-state index in [-0.39, 0.29) is 28.9 Å². The summed E-state index contributed by atoms with van der Waals surface area (Å²) in [4.78, 5) is 14.8. The van der Waals surface area contributed by atoms with Crippen molar-refractivity contribution in [3.63, 3.8) is 0 Å². The largest absolute Gasteiger partial charge is 0.350 e. The molecule has 1 N–H and O–H groups in total. The first-order valence-electron chi connectivity index (χ1n) is 8.81. The molecule has 2 fully saturated rings. The number of benzene rings is 1. The highest BCUT2D eigenvalue weighted by Crippen LogP contribution is 2.42. The first-order valence-corrected chi connectivity index (χ1v) is 8.81. The van der Waals surface area contributed by atoms with E-state index in [1.54, 1.807) is 18.2 Å². The van der Waals surface area contributed by atoms with E-state index in [0.29, 0.717) is 5.69 Å². The zero-order valence-electron chi connectivity index (χ0n) is 14.3. The molecule has 0 radical (unpaired) electrons. The predicted molar refractivity (Wildman–Crippen MR) is 91.5 cm³/mol. The molecule has 25 heavy (non-hydrogen) atoms. The number of halogens is 1.